The lowest BCUT2D eigenvalue weighted by atomic mass is 10.1. The molecule has 1 unspecified atom stereocenters. The lowest BCUT2D eigenvalue weighted by Crippen LogP contribution is -2.57. The molecule has 0 aliphatic carbocycles. The predicted molar refractivity (Wildman–Crippen MR) is 64.6 cm³/mol. The second kappa shape index (κ2) is 5.33. The second-order valence-electron chi connectivity index (χ2n) is 4.53. The van der Waals surface area contributed by atoms with E-state index in [2.05, 4.69) is 15.5 Å². The van der Waals surface area contributed by atoms with Crippen LogP contribution >= 0.6 is 0 Å². The molecule has 1 aromatic rings. The van der Waals surface area contributed by atoms with Crippen molar-refractivity contribution >= 4 is 5.91 Å². The summed E-state index contributed by atoms with van der Waals surface area (Å²) in [5, 5.41) is 6.11. The first-order valence-electron chi connectivity index (χ1n) is 5.90. The number of nitrogens with one attached hydrogen (secondary N) is 2. The van der Waals surface area contributed by atoms with Crippen LogP contribution in [-0.2, 0) is 4.79 Å². The lowest BCUT2D eigenvalue weighted by molar-refractivity contribution is -0.123. The Bertz CT molecular complexity index is 360. The lowest BCUT2D eigenvalue weighted by Gasteiger charge is -2.35. The Balaban J connectivity index is 1.76. The zero-order valence-electron chi connectivity index (χ0n) is 10.3. The van der Waals surface area contributed by atoms with Gasteiger partial charge in [0, 0.05) is 19.1 Å². The minimum absolute atomic E-state index is 0.0308. The topological polar surface area (TPSA) is 57.5 Å². The average molecular weight is 237 g/mol. The molecule has 0 aromatic carbocycles. The SMILES string of the molecule is CC(NC(=O)CN(C)C1CNC1)c1ccco1. The van der Waals surface area contributed by atoms with Gasteiger partial charge in [0.25, 0.3) is 0 Å². The molecule has 0 radical (unpaired) electrons. The number of hydrogen-bond acceptors (Lipinski definition) is 4. The summed E-state index contributed by atoms with van der Waals surface area (Å²) < 4.78 is 5.24. The van der Waals surface area contributed by atoms with Crippen molar-refractivity contribution in [1.29, 1.82) is 0 Å². The van der Waals surface area contributed by atoms with E-state index in [9.17, 15) is 4.79 Å². The van der Waals surface area contributed by atoms with E-state index in [-0.39, 0.29) is 11.9 Å². The first-order chi connectivity index (χ1) is 8.16. The van der Waals surface area contributed by atoms with Crippen LogP contribution in [0, 0.1) is 0 Å². The highest BCUT2D eigenvalue weighted by molar-refractivity contribution is 5.78. The summed E-state index contributed by atoms with van der Waals surface area (Å²) in [5.41, 5.74) is 0. The van der Waals surface area contributed by atoms with Crippen LogP contribution in [0.4, 0.5) is 0 Å². The van der Waals surface area contributed by atoms with Gasteiger partial charge in [-0.05, 0) is 26.1 Å². The summed E-state index contributed by atoms with van der Waals surface area (Å²) >= 11 is 0. The number of nitrogens with zero attached hydrogens (tertiary/aromatic N) is 1. The first-order valence-corrected chi connectivity index (χ1v) is 5.90. The minimum Gasteiger partial charge on any atom is -0.467 e. The molecule has 0 spiro atoms. The highest BCUT2D eigenvalue weighted by Gasteiger charge is 2.23. The Morgan fingerprint density at radius 2 is 2.47 bits per heavy atom. The standard InChI is InChI=1S/C12H19N3O2/c1-9(11-4-3-5-17-11)14-12(16)8-15(2)10-6-13-7-10/h3-5,9-10,13H,6-8H2,1-2H3,(H,14,16). The van der Waals surface area contributed by atoms with Gasteiger partial charge in [0.1, 0.15) is 5.76 Å². The molecule has 1 aliphatic heterocycles. The average Bonchev–Trinajstić information content (AvgIpc) is 2.66. The molecule has 2 rings (SSSR count). The number of rotatable bonds is 5. The van der Waals surface area contributed by atoms with E-state index in [1.54, 1.807) is 6.26 Å². The molecule has 1 fully saturated rings. The fourth-order valence-corrected chi connectivity index (χ4v) is 1.84. The Morgan fingerprint density at radius 3 is 3.00 bits per heavy atom. The summed E-state index contributed by atoms with van der Waals surface area (Å²) in [6, 6.07) is 4.10. The Kier molecular flexibility index (Phi) is 3.81. The first kappa shape index (κ1) is 12.1. The summed E-state index contributed by atoms with van der Waals surface area (Å²) in [6.07, 6.45) is 1.62. The summed E-state index contributed by atoms with van der Waals surface area (Å²) in [6.45, 7) is 4.29. The molecule has 94 valence electrons. The van der Waals surface area contributed by atoms with Crippen molar-refractivity contribution in [3.05, 3.63) is 24.2 Å². The van der Waals surface area contributed by atoms with Gasteiger partial charge < -0.3 is 15.1 Å². The molecule has 1 saturated heterocycles. The van der Waals surface area contributed by atoms with Crippen molar-refractivity contribution in [3.63, 3.8) is 0 Å². The molecular weight excluding hydrogens is 218 g/mol. The van der Waals surface area contributed by atoms with Crippen LogP contribution < -0.4 is 10.6 Å². The summed E-state index contributed by atoms with van der Waals surface area (Å²) in [7, 11) is 1.97. The highest BCUT2D eigenvalue weighted by Crippen LogP contribution is 2.12. The van der Waals surface area contributed by atoms with Crippen molar-refractivity contribution in [3.8, 4) is 0 Å². The highest BCUT2D eigenvalue weighted by atomic mass is 16.3. The van der Waals surface area contributed by atoms with E-state index in [0.717, 1.165) is 18.8 Å². The number of carbonyl (C=O) groups excluding carboxylic acids is 1. The molecule has 5 heteroatoms. The predicted octanol–water partition coefficient (Wildman–Crippen LogP) is 0.360. The van der Waals surface area contributed by atoms with E-state index >= 15 is 0 Å². The number of likely N-dealkylation sites (N-methyl/N-ethyl adjacent to an activating group) is 1. The zero-order valence-corrected chi connectivity index (χ0v) is 10.3. The molecule has 0 bridgehead atoms. The van der Waals surface area contributed by atoms with Crippen LogP contribution in [0.15, 0.2) is 22.8 Å². The van der Waals surface area contributed by atoms with Gasteiger partial charge in [0.15, 0.2) is 0 Å². The second-order valence-corrected chi connectivity index (χ2v) is 4.53. The van der Waals surface area contributed by atoms with E-state index in [1.807, 2.05) is 26.1 Å². The molecule has 17 heavy (non-hydrogen) atoms. The Labute approximate surface area is 101 Å². The van der Waals surface area contributed by atoms with Crippen LogP contribution in [-0.4, -0.2) is 43.5 Å². The van der Waals surface area contributed by atoms with Gasteiger partial charge in [0.05, 0.1) is 18.8 Å². The maximum atomic E-state index is 11.8. The fourth-order valence-electron chi connectivity index (χ4n) is 1.84. The third-order valence-electron chi connectivity index (χ3n) is 3.12. The largest absolute Gasteiger partial charge is 0.467 e. The van der Waals surface area contributed by atoms with E-state index in [1.165, 1.54) is 0 Å². The van der Waals surface area contributed by atoms with Crippen molar-refractivity contribution in [1.82, 2.24) is 15.5 Å². The normalized spacial score (nSPS) is 17.8. The maximum absolute atomic E-state index is 11.8. The van der Waals surface area contributed by atoms with Crippen LogP contribution in [0.1, 0.15) is 18.7 Å². The van der Waals surface area contributed by atoms with Crippen molar-refractivity contribution in [2.24, 2.45) is 0 Å². The number of amides is 1. The quantitative estimate of drug-likeness (QED) is 0.776. The van der Waals surface area contributed by atoms with Gasteiger partial charge >= 0.3 is 0 Å². The van der Waals surface area contributed by atoms with Crippen LogP contribution in [0.3, 0.4) is 0 Å². The molecule has 0 saturated carbocycles. The van der Waals surface area contributed by atoms with Crippen LogP contribution in [0.2, 0.25) is 0 Å². The molecule has 2 heterocycles. The third-order valence-corrected chi connectivity index (χ3v) is 3.12. The Morgan fingerprint density at radius 1 is 1.71 bits per heavy atom. The molecule has 1 aromatic heterocycles. The van der Waals surface area contributed by atoms with Gasteiger partial charge in [-0.3, -0.25) is 9.69 Å². The van der Waals surface area contributed by atoms with Crippen LogP contribution in [0.25, 0.3) is 0 Å². The maximum Gasteiger partial charge on any atom is 0.234 e. The number of carbonyl (C=O) groups is 1. The molecule has 1 atom stereocenters. The van der Waals surface area contributed by atoms with Crippen molar-refractivity contribution in [2.75, 3.05) is 26.7 Å². The van der Waals surface area contributed by atoms with Gasteiger partial charge in [-0.25, -0.2) is 0 Å². The third kappa shape index (κ3) is 3.08. The molecule has 5 nitrogen and oxygen atoms in total. The Hall–Kier alpha value is -1.33. The monoisotopic (exact) mass is 237 g/mol. The van der Waals surface area contributed by atoms with Gasteiger partial charge in [0.2, 0.25) is 5.91 Å². The van der Waals surface area contributed by atoms with Crippen molar-refractivity contribution in [2.45, 2.75) is 19.0 Å². The smallest absolute Gasteiger partial charge is 0.234 e. The summed E-state index contributed by atoms with van der Waals surface area (Å²) in [4.78, 5) is 13.9. The van der Waals surface area contributed by atoms with E-state index in [0.29, 0.717) is 12.6 Å². The molecule has 2 N–H and O–H groups in total. The van der Waals surface area contributed by atoms with Gasteiger partial charge in [-0.15, -0.1) is 0 Å². The van der Waals surface area contributed by atoms with E-state index in [4.69, 9.17) is 4.42 Å². The number of hydrogen-bond donors (Lipinski definition) is 2. The molecule has 1 amide bonds. The molecular formula is C12H19N3O2. The van der Waals surface area contributed by atoms with Crippen LogP contribution in [0.5, 0.6) is 0 Å². The minimum atomic E-state index is -0.0783. The molecule has 1 aliphatic rings. The zero-order chi connectivity index (χ0) is 12.3. The fraction of sp³-hybridized carbons (Fsp3) is 0.583. The van der Waals surface area contributed by atoms with Crippen molar-refractivity contribution < 1.29 is 9.21 Å². The van der Waals surface area contributed by atoms with Gasteiger partial charge in [-0.2, -0.15) is 0 Å². The van der Waals surface area contributed by atoms with E-state index < -0.39 is 0 Å². The summed E-state index contributed by atoms with van der Waals surface area (Å²) in [5.74, 6) is 0.814. The number of furan rings is 1. The van der Waals surface area contributed by atoms with Gasteiger partial charge in [-0.1, -0.05) is 0 Å².